The average molecular weight is 562 g/mol. The Balaban J connectivity index is 0.00000289. The zero-order valence-electron chi connectivity index (χ0n) is 19.9. The van der Waals surface area contributed by atoms with Crippen LogP contribution in [0.1, 0.15) is 71.1 Å². The van der Waals surface area contributed by atoms with E-state index in [1.54, 1.807) is 0 Å². The predicted molar refractivity (Wildman–Crippen MR) is 140 cm³/mol. The summed E-state index contributed by atoms with van der Waals surface area (Å²) >= 11 is 0. The van der Waals surface area contributed by atoms with Gasteiger partial charge in [-0.05, 0) is 65.0 Å². The summed E-state index contributed by atoms with van der Waals surface area (Å²) in [5.74, 6) is 1.56. The number of rotatable bonds is 6. The van der Waals surface area contributed by atoms with Gasteiger partial charge in [0.25, 0.3) is 0 Å². The third-order valence-electron chi connectivity index (χ3n) is 7.87. The lowest BCUT2D eigenvalue weighted by Crippen LogP contribution is -2.54. The van der Waals surface area contributed by atoms with Gasteiger partial charge >= 0.3 is 0 Å². The van der Waals surface area contributed by atoms with E-state index >= 15 is 0 Å². The molecule has 1 saturated carbocycles. The lowest BCUT2D eigenvalue weighted by molar-refractivity contribution is -0.135. The summed E-state index contributed by atoms with van der Waals surface area (Å²) in [7, 11) is 0. The first-order valence-corrected chi connectivity index (χ1v) is 12.9. The minimum atomic E-state index is 0. The van der Waals surface area contributed by atoms with Crippen molar-refractivity contribution in [2.24, 2.45) is 10.9 Å². The fraction of sp³-hybridized carbons (Fsp3) is 0.917. The van der Waals surface area contributed by atoms with Crippen molar-refractivity contribution in [3.05, 3.63) is 0 Å². The molecule has 7 nitrogen and oxygen atoms in total. The van der Waals surface area contributed by atoms with Crippen LogP contribution < -0.4 is 10.6 Å². The van der Waals surface area contributed by atoms with Crippen molar-refractivity contribution in [1.82, 2.24) is 20.4 Å². The van der Waals surface area contributed by atoms with E-state index in [9.17, 15) is 4.79 Å². The number of carbonyl (C=O) groups excluding carboxylic acids is 1. The second kappa shape index (κ2) is 12.7. The number of likely N-dealkylation sites (tertiary alicyclic amines) is 2. The number of carbonyl (C=O) groups is 1. The largest absolute Gasteiger partial charge is 0.381 e. The summed E-state index contributed by atoms with van der Waals surface area (Å²) in [5.41, 5.74) is 0.149. The van der Waals surface area contributed by atoms with Crippen LogP contribution in [-0.2, 0) is 9.53 Å². The number of hydrogen-bond donors (Lipinski definition) is 2. The molecule has 4 fully saturated rings. The van der Waals surface area contributed by atoms with Crippen LogP contribution in [0.3, 0.4) is 0 Å². The number of hydrogen-bond acceptors (Lipinski definition) is 4. The molecule has 3 heterocycles. The van der Waals surface area contributed by atoms with E-state index in [1.807, 2.05) is 0 Å². The molecule has 3 aliphatic heterocycles. The van der Waals surface area contributed by atoms with Gasteiger partial charge in [-0.1, -0.05) is 19.3 Å². The quantitative estimate of drug-likeness (QED) is 0.297. The number of aliphatic imine (C=N–C) groups is 1. The summed E-state index contributed by atoms with van der Waals surface area (Å²) in [6, 6.07) is 0.294. The first-order chi connectivity index (χ1) is 15.2. The fourth-order valence-electron chi connectivity index (χ4n) is 5.94. The highest BCUT2D eigenvalue weighted by Gasteiger charge is 2.39. The molecule has 1 aliphatic carbocycles. The highest BCUT2D eigenvalue weighted by molar-refractivity contribution is 14.0. The maximum Gasteiger partial charge on any atom is 0.225 e. The minimum Gasteiger partial charge on any atom is -0.381 e. The molecule has 0 aromatic rings. The third-order valence-corrected chi connectivity index (χ3v) is 7.87. The van der Waals surface area contributed by atoms with Gasteiger partial charge in [0.15, 0.2) is 5.96 Å². The van der Waals surface area contributed by atoms with Gasteiger partial charge in [-0.3, -0.25) is 14.7 Å². The van der Waals surface area contributed by atoms with Crippen molar-refractivity contribution < 1.29 is 9.53 Å². The van der Waals surface area contributed by atoms with Crippen molar-refractivity contribution in [1.29, 1.82) is 0 Å². The molecule has 0 spiro atoms. The van der Waals surface area contributed by atoms with Gasteiger partial charge < -0.3 is 20.3 Å². The van der Waals surface area contributed by atoms with E-state index in [0.29, 0.717) is 11.9 Å². The summed E-state index contributed by atoms with van der Waals surface area (Å²) in [6.07, 6.45) is 11.6. The van der Waals surface area contributed by atoms with Crippen molar-refractivity contribution in [2.45, 2.75) is 82.7 Å². The molecule has 1 unspecified atom stereocenters. The first-order valence-electron chi connectivity index (χ1n) is 12.9. The smallest absolute Gasteiger partial charge is 0.225 e. The van der Waals surface area contributed by atoms with Gasteiger partial charge in [0.2, 0.25) is 5.91 Å². The van der Waals surface area contributed by atoms with Crippen LogP contribution in [0.25, 0.3) is 0 Å². The van der Waals surface area contributed by atoms with E-state index in [1.165, 1.54) is 45.2 Å². The molecular weight excluding hydrogens is 517 g/mol. The number of ether oxygens (including phenoxy) is 1. The van der Waals surface area contributed by atoms with Gasteiger partial charge in [0.05, 0.1) is 6.54 Å². The van der Waals surface area contributed by atoms with Crippen LogP contribution >= 0.6 is 24.0 Å². The van der Waals surface area contributed by atoms with Gasteiger partial charge in [0, 0.05) is 50.3 Å². The molecule has 1 atom stereocenters. The second-order valence-electron chi connectivity index (χ2n) is 9.98. The Labute approximate surface area is 211 Å². The fourth-order valence-corrected chi connectivity index (χ4v) is 5.94. The zero-order chi connectivity index (χ0) is 21.5. The molecule has 0 aromatic carbocycles. The SMILES string of the molecule is CCNC(=NCC1(N2CCCC2)CCOCC1)NC1CCN(C(=O)C2CCCCC2)C1.I. The highest BCUT2D eigenvalue weighted by atomic mass is 127. The molecule has 4 aliphatic rings. The number of nitrogens with zero attached hydrogens (tertiary/aromatic N) is 3. The Hall–Kier alpha value is -0.610. The van der Waals surface area contributed by atoms with E-state index in [2.05, 4.69) is 27.4 Å². The van der Waals surface area contributed by atoms with Crippen LogP contribution in [0.4, 0.5) is 0 Å². The number of halogens is 1. The van der Waals surface area contributed by atoms with Crippen LogP contribution in [-0.4, -0.2) is 85.7 Å². The molecule has 4 rings (SSSR count). The van der Waals surface area contributed by atoms with Crippen molar-refractivity contribution in [3.63, 3.8) is 0 Å². The summed E-state index contributed by atoms with van der Waals surface area (Å²) < 4.78 is 5.69. The maximum absolute atomic E-state index is 12.9. The lowest BCUT2D eigenvalue weighted by Gasteiger charge is -2.43. The summed E-state index contributed by atoms with van der Waals surface area (Å²) in [6.45, 7) is 9.56. The summed E-state index contributed by atoms with van der Waals surface area (Å²) in [4.78, 5) is 22.8. The van der Waals surface area contributed by atoms with Crippen molar-refractivity contribution >= 4 is 35.8 Å². The standard InChI is InChI=1S/C24H43N5O2.HI/c1-2-25-23(26-19-24(11-16-31-17-12-24)29-13-6-7-14-29)27-21-10-15-28(18-21)22(30)20-8-4-3-5-9-20;/h20-21H,2-19H2,1H3,(H2,25,26,27);1H. The summed E-state index contributed by atoms with van der Waals surface area (Å²) in [5, 5.41) is 7.10. The highest BCUT2D eigenvalue weighted by Crippen LogP contribution is 2.32. The molecule has 3 saturated heterocycles. The molecule has 0 radical (unpaired) electrons. The van der Waals surface area contributed by atoms with E-state index in [0.717, 1.165) is 77.5 Å². The average Bonchev–Trinajstić information content (AvgIpc) is 3.51. The molecular formula is C24H44IN5O2. The van der Waals surface area contributed by atoms with Gasteiger partial charge in [-0.15, -0.1) is 24.0 Å². The monoisotopic (exact) mass is 561 g/mol. The Morgan fingerprint density at radius 3 is 2.44 bits per heavy atom. The number of amides is 1. The molecule has 0 bridgehead atoms. The lowest BCUT2D eigenvalue weighted by atomic mass is 9.88. The first kappa shape index (κ1) is 26.0. The zero-order valence-corrected chi connectivity index (χ0v) is 22.3. The Morgan fingerprint density at radius 2 is 1.75 bits per heavy atom. The Morgan fingerprint density at radius 1 is 1.03 bits per heavy atom. The van der Waals surface area contributed by atoms with Crippen molar-refractivity contribution in [2.75, 3.05) is 52.5 Å². The topological polar surface area (TPSA) is 69.2 Å². The van der Waals surface area contributed by atoms with E-state index < -0.39 is 0 Å². The van der Waals surface area contributed by atoms with E-state index in [-0.39, 0.29) is 35.4 Å². The second-order valence-corrected chi connectivity index (χ2v) is 9.98. The van der Waals surface area contributed by atoms with Crippen molar-refractivity contribution in [3.8, 4) is 0 Å². The van der Waals surface area contributed by atoms with Crippen LogP contribution in [0.15, 0.2) is 4.99 Å². The molecule has 0 aromatic heterocycles. The normalized spacial score (nSPS) is 27.2. The van der Waals surface area contributed by atoms with Gasteiger partial charge in [-0.25, -0.2) is 0 Å². The predicted octanol–water partition coefficient (Wildman–Crippen LogP) is 2.99. The number of nitrogens with one attached hydrogen (secondary N) is 2. The maximum atomic E-state index is 12.9. The molecule has 8 heteroatoms. The Kier molecular flexibility index (Phi) is 10.4. The Bertz CT molecular complexity index is 614. The molecule has 32 heavy (non-hydrogen) atoms. The minimum absolute atomic E-state index is 0. The van der Waals surface area contributed by atoms with Gasteiger partial charge in [0.1, 0.15) is 0 Å². The molecule has 1 amide bonds. The van der Waals surface area contributed by atoms with E-state index in [4.69, 9.17) is 9.73 Å². The molecule has 2 N–H and O–H groups in total. The number of guanidine groups is 1. The van der Waals surface area contributed by atoms with Crippen LogP contribution in [0, 0.1) is 5.92 Å². The van der Waals surface area contributed by atoms with Gasteiger partial charge in [-0.2, -0.15) is 0 Å². The van der Waals surface area contributed by atoms with Crippen LogP contribution in [0.5, 0.6) is 0 Å². The van der Waals surface area contributed by atoms with Crippen LogP contribution in [0.2, 0.25) is 0 Å². The third kappa shape index (κ3) is 6.50. The molecule has 184 valence electrons.